The van der Waals surface area contributed by atoms with Crippen LogP contribution >= 0.6 is 11.6 Å². The molecule has 2 aromatic rings. The van der Waals surface area contributed by atoms with Gasteiger partial charge in [-0.2, -0.15) is 0 Å². The third-order valence-electron chi connectivity index (χ3n) is 3.26. The number of aromatic nitrogens is 1. The lowest BCUT2D eigenvalue weighted by Gasteiger charge is -2.20. The van der Waals surface area contributed by atoms with Gasteiger partial charge in [-0.05, 0) is 24.6 Å². The van der Waals surface area contributed by atoms with E-state index in [1.54, 1.807) is 11.0 Å². The molecule has 1 amide bonds. The van der Waals surface area contributed by atoms with Crippen molar-refractivity contribution in [3.05, 3.63) is 64.9 Å². The van der Waals surface area contributed by atoms with Crippen molar-refractivity contribution in [2.75, 3.05) is 13.2 Å². The highest BCUT2D eigenvalue weighted by Gasteiger charge is 2.17. The zero-order valence-corrected chi connectivity index (χ0v) is 13.5. The first-order valence-electron chi connectivity index (χ1n) is 7.21. The second kappa shape index (κ2) is 8.29. The topological polar surface area (TPSA) is 59.5 Å². The maximum absolute atomic E-state index is 12.2. The highest BCUT2D eigenvalue weighted by molar-refractivity contribution is 6.32. The number of hydrogen-bond donors (Lipinski definition) is 0. The number of carbonyl (C=O) groups excluding carboxylic acids is 2. The second-order valence-electron chi connectivity index (χ2n) is 4.81. The van der Waals surface area contributed by atoms with Crippen molar-refractivity contribution in [1.29, 1.82) is 0 Å². The van der Waals surface area contributed by atoms with Crippen molar-refractivity contribution in [3.63, 3.8) is 0 Å². The van der Waals surface area contributed by atoms with Gasteiger partial charge in [0.2, 0.25) is 0 Å². The molecule has 23 heavy (non-hydrogen) atoms. The van der Waals surface area contributed by atoms with Crippen LogP contribution in [0.3, 0.4) is 0 Å². The van der Waals surface area contributed by atoms with Crippen molar-refractivity contribution in [1.82, 2.24) is 9.88 Å². The van der Waals surface area contributed by atoms with Gasteiger partial charge >= 0.3 is 5.97 Å². The summed E-state index contributed by atoms with van der Waals surface area (Å²) in [5.74, 6) is -0.920. The van der Waals surface area contributed by atoms with E-state index in [0.29, 0.717) is 13.1 Å². The summed E-state index contributed by atoms with van der Waals surface area (Å²) in [6.07, 6.45) is 1.48. The number of rotatable bonds is 6. The number of amides is 1. The van der Waals surface area contributed by atoms with Gasteiger partial charge in [0, 0.05) is 19.3 Å². The van der Waals surface area contributed by atoms with Gasteiger partial charge in [-0.1, -0.05) is 41.9 Å². The van der Waals surface area contributed by atoms with Crippen molar-refractivity contribution in [3.8, 4) is 0 Å². The molecule has 5 nitrogen and oxygen atoms in total. The SMILES string of the molecule is CCN(Cc1ccccc1)C(=O)COC(=O)c1cccnc1Cl. The average molecular weight is 333 g/mol. The molecule has 120 valence electrons. The van der Waals surface area contributed by atoms with Crippen LogP contribution in [0.4, 0.5) is 0 Å². The standard InChI is InChI=1S/C17H17ClN2O3/c1-2-20(11-13-7-4-3-5-8-13)15(21)12-23-17(22)14-9-6-10-19-16(14)18/h3-10H,2,11-12H2,1H3. The molecule has 0 aliphatic heterocycles. The Morgan fingerprint density at radius 1 is 1.17 bits per heavy atom. The first-order chi connectivity index (χ1) is 11.1. The van der Waals surface area contributed by atoms with E-state index in [9.17, 15) is 9.59 Å². The van der Waals surface area contributed by atoms with Crippen LogP contribution in [0.15, 0.2) is 48.7 Å². The van der Waals surface area contributed by atoms with Gasteiger partial charge in [0.1, 0.15) is 5.15 Å². The van der Waals surface area contributed by atoms with Crippen molar-refractivity contribution < 1.29 is 14.3 Å². The largest absolute Gasteiger partial charge is 0.452 e. The van der Waals surface area contributed by atoms with E-state index in [1.165, 1.54) is 12.3 Å². The van der Waals surface area contributed by atoms with E-state index in [-0.39, 0.29) is 23.2 Å². The van der Waals surface area contributed by atoms with Gasteiger partial charge in [0.05, 0.1) is 5.56 Å². The number of esters is 1. The molecular formula is C17H17ClN2O3. The van der Waals surface area contributed by atoms with Gasteiger partial charge in [-0.15, -0.1) is 0 Å². The van der Waals surface area contributed by atoms with Crippen molar-refractivity contribution >= 4 is 23.5 Å². The van der Waals surface area contributed by atoms with Crippen LogP contribution in [0.2, 0.25) is 5.15 Å². The van der Waals surface area contributed by atoms with E-state index in [4.69, 9.17) is 16.3 Å². The lowest BCUT2D eigenvalue weighted by atomic mass is 10.2. The maximum atomic E-state index is 12.2. The molecule has 0 N–H and O–H groups in total. The molecule has 0 atom stereocenters. The first-order valence-corrected chi connectivity index (χ1v) is 7.59. The Bertz CT molecular complexity index is 677. The van der Waals surface area contributed by atoms with Gasteiger partial charge in [0.15, 0.2) is 6.61 Å². The predicted molar refractivity (Wildman–Crippen MR) is 87.1 cm³/mol. The third-order valence-corrected chi connectivity index (χ3v) is 3.56. The Hall–Kier alpha value is -2.40. The fourth-order valence-corrected chi connectivity index (χ4v) is 2.21. The quantitative estimate of drug-likeness (QED) is 0.603. The molecule has 0 fully saturated rings. The van der Waals surface area contributed by atoms with Crippen LogP contribution in [0.25, 0.3) is 0 Å². The monoisotopic (exact) mass is 332 g/mol. The molecule has 0 aliphatic rings. The minimum Gasteiger partial charge on any atom is -0.452 e. The molecule has 0 saturated carbocycles. The number of benzene rings is 1. The summed E-state index contributed by atoms with van der Waals surface area (Å²) in [6, 6.07) is 12.7. The van der Waals surface area contributed by atoms with Gasteiger partial charge < -0.3 is 9.64 Å². The Morgan fingerprint density at radius 3 is 2.57 bits per heavy atom. The molecule has 6 heteroatoms. The molecule has 2 rings (SSSR count). The summed E-state index contributed by atoms with van der Waals surface area (Å²) in [7, 11) is 0. The highest BCUT2D eigenvalue weighted by atomic mass is 35.5. The van der Waals surface area contributed by atoms with E-state index < -0.39 is 5.97 Å². The Morgan fingerprint density at radius 2 is 1.91 bits per heavy atom. The van der Waals surface area contributed by atoms with Crippen LogP contribution in [0.5, 0.6) is 0 Å². The molecule has 1 heterocycles. The average Bonchev–Trinajstić information content (AvgIpc) is 2.58. The zero-order valence-electron chi connectivity index (χ0n) is 12.7. The summed E-state index contributed by atoms with van der Waals surface area (Å²) < 4.78 is 5.04. The summed E-state index contributed by atoms with van der Waals surface area (Å²) in [5.41, 5.74) is 1.16. The number of ether oxygens (including phenoxy) is 1. The Kier molecular flexibility index (Phi) is 6.11. The van der Waals surface area contributed by atoms with Crippen LogP contribution in [0.1, 0.15) is 22.8 Å². The zero-order chi connectivity index (χ0) is 16.7. The number of pyridine rings is 1. The summed E-state index contributed by atoms with van der Waals surface area (Å²) in [4.78, 5) is 29.5. The normalized spacial score (nSPS) is 10.2. The summed E-state index contributed by atoms with van der Waals surface area (Å²) in [6.45, 7) is 2.55. The molecule has 0 aliphatic carbocycles. The van der Waals surface area contributed by atoms with Crippen LogP contribution < -0.4 is 0 Å². The van der Waals surface area contributed by atoms with E-state index >= 15 is 0 Å². The fourth-order valence-electron chi connectivity index (χ4n) is 2.01. The van der Waals surface area contributed by atoms with E-state index in [2.05, 4.69) is 4.98 Å². The first kappa shape index (κ1) is 17.0. The molecule has 0 bridgehead atoms. The third kappa shape index (κ3) is 4.79. The lowest BCUT2D eigenvalue weighted by molar-refractivity contribution is -0.134. The maximum Gasteiger partial charge on any atom is 0.341 e. The highest BCUT2D eigenvalue weighted by Crippen LogP contribution is 2.13. The van der Waals surface area contributed by atoms with Crippen LogP contribution in [0, 0.1) is 0 Å². The summed E-state index contributed by atoms with van der Waals surface area (Å²) in [5, 5.41) is 0.0570. The van der Waals surface area contributed by atoms with Gasteiger partial charge in [-0.3, -0.25) is 4.79 Å². The molecule has 1 aromatic heterocycles. The number of likely N-dealkylation sites (N-methyl/N-ethyl adjacent to an activating group) is 1. The predicted octanol–water partition coefficient (Wildman–Crippen LogP) is 2.94. The van der Waals surface area contributed by atoms with Crippen molar-refractivity contribution in [2.45, 2.75) is 13.5 Å². The Balaban J connectivity index is 1.92. The molecule has 0 unspecified atom stereocenters. The number of carbonyl (C=O) groups is 2. The molecule has 1 aromatic carbocycles. The van der Waals surface area contributed by atoms with E-state index in [0.717, 1.165) is 5.56 Å². The smallest absolute Gasteiger partial charge is 0.341 e. The molecular weight excluding hydrogens is 316 g/mol. The van der Waals surface area contributed by atoms with Crippen LogP contribution in [-0.4, -0.2) is 34.9 Å². The molecule has 0 saturated heterocycles. The van der Waals surface area contributed by atoms with Gasteiger partial charge in [-0.25, -0.2) is 9.78 Å². The molecule has 0 radical (unpaired) electrons. The number of nitrogens with zero attached hydrogens (tertiary/aromatic N) is 2. The second-order valence-corrected chi connectivity index (χ2v) is 5.17. The fraction of sp³-hybridized carbons (Fsp3) is 0.235. The minimum absolute atomic E-state index is 0.0570. The van der Waals surface area contributed by atoms with Gasteiger partial charge in [0.25, 0.3) is 5.91 Å². The van der Waals surface area contributed by atoms with Crippen molar-refractivity contribution in [2.24, 2.45) is 0 Å². The lowest BCUT2D eigenvalue weighted by Crippen LogP contribution is -2.34. The Labute approximate surface area is 139 Å². The summed E-state index contributed by atoms with van der Waals surface area (Å²) >= 11 is 5.82. The molecule has 0 spiro atoms. The number of halogens is 1. The van der Waals surface area contributed by atoms with E-state index in [1.807, 2.05) is 37.3 Å². The number of hydrogen-bond acceptors (Lipinski definition) is 4. The minimum atomic E-state index is -0.660. The van der Waals surface area contributed by atoms with Crippen LogP contribution in [-0.2, 0) is 16.1 Å².